The van der Waals surface area contributed by atoms with E-state index in [1.807, 2.05) is 30.3 Å². The smallest absolute Gasteiger partial charge is 0.144 e. The Labute approximate surface area is 156 Å². The lowest BCUT2D eigenvalue weighted by molar-refractivity contribution is -0.990. The summed E-state index contributed by atoms with van der Waals surface area (Å²) in [5.41, 5.74) is -1.12. The number of Topliss-reactive ketones (excluding diaryl/α,β-unsaturated/α-hetero) is 1. The Kier molecular flexibility index (Phi) is 3.93. The molecule has 3 aliphatic rings. The third kappa shape index (κ3) is 2.15. The van der Waals surface area contributed by atoms with Crippen LogP contribution in [0.1, 0.15) is 52.0 Å². The van der Waals surface area contributed by atoms with Crippen molar-refractivity contribution >= 4 is 5.78 Å². The quantitative estimate of drug-likeness (QED) is 0.799. The zero-order valence-electron chi connectivity index (χ0n) is 16.4. The van der Waals surface area contributed by atoms with Gasteiger partial charge in [0.25, 0.3) is 0 Å². The van der Waals surface area contributed by atoms with Crippen LogP contribution in [0.15, 0.2) is 30.3 Å². The Hall–Kier alpha value is -1.23. The molecule has 1 aromatic carbocycles. The molecule has 0 saturated carbocycles. The number of benzene rings is 1. The summed E-state index contributed by atoms with van der Waals surface area (Å²) >= 11 is 0. The van der Waals surface area contributed by atoms with Crippen molar-refractivity contribution in [2.24, 2.45) is 11.8 Å². The zero-order valence-corrected chi connectivity index (χ0v) is 16.4. The van der Waals surface area contributed by atoms with E-state index in [1.54, 1.807) is 13.8 Å². The monoisotopic (exact) mass is 358 g/mol. The fourth-order valence-electron chi connectivity index (χ4n) is 7.03. The summed E-state index contributed by atoms with van der Waals surface area (Å²) in [6, 6.07) is 10.4. The molecule has 0 bridgehead atoms. The van der Waals surface area contributed by atoms with Gasteiger partial charge in [0.1, 0.15) is 23.5 Å². The van der Waals surface area contributed by atoms with Crippen LogP contribution >= 0.6 is 0 Å². The third-order valence-corrected chi connectivity index (χ3v) is 8.19. The Morgan fingerprint density at radius 1 is 1.19 bits per heavy atom. The van der Waals surface area contributed by atoms with Gasteiger partial charge in [-0.1, -0.05) is 37.3 Å². The molecular weight excluding hydrogens is 326 g/mol. The number of likely N-dealkylation sites (N-methyl/N-ethyl adjacent to an activating group) is 1. The maximum atomic E-state index is 12.5. The highest BCUT2D eigenvalue weighted by atomic mass is 16.3. The molecular formula is C22H32NO3+. The summed E-state index contributed by atoms with van der Waals surface area (Å²) < 4.78 is 0.732. The summed E-state index contributed by atoms with van der Waals surface area (Å²) in [4.78, 5) is 12.5. The Balaban J connectivity index is 1.89. The molecule has 0 aliphatic carbocycles. The lowest BCUT2D eigenvalue weighted by Crippen LogP contribution is -2.78. The molecule has 0 unspecified atom stereocenters. The van der Waals surface area contributed by atoms with E-state index in [1.165, 1.54) is 0 Å². The lowest BCUT2D eigenvalue weighted by atomic mass is 9.61. The molecule has 142 valence electrons. The fraction of sp³-hybridized carbons (Fsp3) is 0.682. The van der Waals surface area contributed by atoms with E-state index in [4.69, 9.17) is 0 Å². The van der Waals surface area contributed by atoms with Crippen molar-refractivity contribution in [3.8, 4) is 0 Å². The molecule has 1 aromatic rings. The Morgan fingerprint density at radius 2 is 1.85 bits per heavy atom. The number of quaternary nitrogens is 1. The van der Waals surface area contributed by atoms with Crippen LogP contribution in [-0.2, 0) is 10.4 Å². The van der Waals surface area contributed by atoms with Gasteiger partial charge in [-0.05, 0) is 19.4 Å². The van der Waals surface area contributed by atoms with E-state index in [0.29, 0.717) is 12.5 Å². The summed E-state index contributed by atoms with van der Waals surface area (Å²) in [5.74, 6) is -0.142. The van der Waals surface area contributed by atoms with Crippen LogP contribution in [0.2, 0.25) is 0 Å². The normalized spacial score (nSPS) is 50.3. The zero-order chi connectivity index (χ0) is 18.9. The van der Waals surface area contributed by atoms with Crippen LogP contribution in [0.3, 0.4) is 0 Å². The molecule has 2 N–H and O–H groups in total. The second kappa shape index (κ2) is 5.63. The van der Waals surface area contributed by atoms with Crippen molar-refractivity contribution in [1.29, 1.82) is 0 Å². The average molecular weight is 359 g/mol. The van der Waals surface area contributed by atoms with Gasteiger partial charge in [0, 0.05) is 31.6 Å². The number of rotatable bonds is 2. The van der Waals surface area contributed by atoms with Crippen LogP contribution in [0, 0.1) is 11.8 Å². The first-order valence-electron chi connectivity index (χ1n) is 9.99. The number of nitrogens with zero attached hydrogens (tertiary/aromatic N) is 1. The van der Waals surface area contributed by atoms with Gasteiger partial charge in [-0.15, -0.1) is 0 Å². The molecule has 4 rings (SSSR count). The van der Waals surface area contributed by atoms with Crippen LogP contribution in [-0.4, -0.2) is 51.3 Å². The third-order valence-electron chi connectivity index (χ3n) is 8.19. The molecule has 3 heterocycles. The minimum atomic E-state index is -1.08. The largest absolute Gasteiger partial charge is 0.389 e. The van der Waals surface area contributed by atoms with Gasteiger partial charge in [0.15, 0.2) is 0 Å². The van der Waals surface area contributed by atoms with Gasteiger partial charge in [-0.2, -0.15) is 0 Å². The number of carbonyl (C=O) groups excluding carboxylic acids is 1. The van der Waals surface area contributed by atoms with Crippen molar-refractivity contribution in [2.45, 2.75) is 75.8 Å². The maximum Gasteiger partial charge on any atom is 0.144 e. The molecule has 4 nitrogen and oxygen atoms in total. The van der Waals surface area contributed by atoms with E-state index >= 15 is 0 Å². The van der Waals surface area contributed by atoms with E-state index in [-0.39, 0.29) is 29.7 Å². The van der Waals surface area contributed by atoms with E-state index < -0.39 is 11.2 Å². The van der Waals surface area contributed by atoms with Crippen LogP contribution in [0.5, 0.6) is 0 Å². The van der Waals surface area contributed by atoms with Gasteiger partial charge < -0.3 is 14.7 Å². The minimum absolute atomic E-state index is 0.0836. The lowest BCUT2D eigenvalue weighted by Gasteiger charge is -2.64. The topological polar surface area (TPSA) is 57.5 Å². The fourth-order valence-corrected chi connectivity index (χ4v) is 7.03. The van der Waals surface area contributed by atoms with E-state index in [0.717, 1.165) is 29.3 Å². The van der Waals surface area contributed by atoms with E-state index in [2.05, 4.69) is 14.0 Å². The SMILES string of the molecule is CC(=O)[C@H]1[C@@H]2CC[C@H]3C[C@@H](C)[C@](O)(c4ccccc4)[C@H](C[C@@]1(C)O)[N@@+]32C. The highest BCUT2D eigenvalue weighted by Gasteiger charge is 2.71. The number of hydrogen-bond donors (Lipinski definition) is 2. The van der Waals surface area contributed by atoms with Crippen molar-refractivity contribution in [3.05, 3.63) is 35.9 Å². The highest BCUT2D eigenvalue weighted by Crippen LogP contribution is 2.59. The summed E-state index contributed by atoms with van der Waals surface area (Å²) in [6.07, 6.45) is 3.44. The number of hydrogen-bond acceptors (Lipinski definition) is 3. The highest BCUT2D eigenvalue weighted by molar-refractivity contribution is 5.80. The van der Waals surface area contributed by atoms with Crippen molar-refractivity contribution in [3.63, 3.8) is 0 Å². The van der Waals surface area contributed by atoms with E-state index in [9.17, 15) is 15.0 Å². The van der Waals surface area contributed by atoms with Crippen molar-refractivity contribution in [2.75, 3.05) is 7.05 Å². The van der Waals surface area contributed by atoms with Gasteiger partial charge in [-0.3, -0.25) is 4.79 Å². The first-order chi connectivity index (χ1) is 12.1. The number of ketones is 1. The Morgan fingerprint density at radius 3 is 2.46 bits per heavy atom. The predicted octanol–water partition coefficient (Wildman–Crippen LogP) is 2.62. The second-order valence-corrected chi connectivity index (χ2v) is 9.51. The van der Waals surface area contributed by atoms with Crippen molar-refractivity contribution < 1.29 is 19.5 Å². The summed E-state index contributed by atoms with van der Waals surface area (Å²) in [7, 11) is 2.23. The molecule has 3 saturated heterocycles. The number of aliphatic hydroxyl groups is 2. The van der Waals surface area contributed by atoms with Crippen LogP contribution in [0.25, 0.3) is 0 Å². The molecule has 0 amide bonds. The summed E-state index contributed by atoms with van der Waals surface area (Å²) in [5, 5.41) is 23.4. The second-order valence-electron chi connectivity index (χ2n) is 9.51. The van der Waals surface area contributed by atoms with Crippen LogP contribution < -0.4 is 0 Å². The Bertz CT molecular complexity index is 717. The first-order valence-corrected chi connectivity index (χ1v) is 9.99. The molecule has 0 aromatic heterocycles. The van der Waals surface area contributed by atoms with Crippen molar-refractivity contribution in [1.82, 2.24) is 0 Å². The minimum Gasteiger partial charge on any atom is -0.389 e. The molecule has 26 heavy (non-hydrogen) atoms. The molecule has 3 fully saturated rings. The molecule has 4 heteroatoms. The molecule has 3 aliphatic heterocycles. The molecule has 0 radical (unpaired) electrons. The van der Waals surface area contributed by atoms with Gasteiger partial charge in [0.2, 0.25) is 0 Å². The number of carbonyl (C=O) groups is 1. The van der Waals surface area contributed by atoms with Gasteiger partial charge in [-0.25, -0.2) is 0 Å². The predicted molar refractivity (Wildman–Crippen MR) is 100 cm³/mol. The van der Waals surface area contributed by atoms with Crippen LogP contribution in [0.4, 0.5) is 0 Å². The molecule has 8 atom stereocenters. The average Bonchev–Trinajstić information content (AvgIpc) is 2.90. The van der Waals surface area contributed by atoms with Gasteiger partial charge >= 0.3 is 0 Å². The molecule has 0 spiro atoms. The summed E-state index contributed by atoms with van der Waals surface area (Å²) in [6.45, 7) is 5.57. The first kappa shape index (κ1) is 18.1. The number of piperidine rings is 2. The standard InChI is InChI=1S/C22H32NO3/c1-14-12-17-10-11-18-20(15(2)24)21(3,25)13-19(23(17,18)4)22(14,26)16-8-6-5-7-9-16/h5-9,14,17-20,25-26H,10-13H2,1-4H3/q+1/t14-,17+,18+,19+,20+,21-,22+,23+/m1/s1. The van der Waals surface area contributed by atoms with Gasteiger partial charge in [0.05, 0.1) is 24.6 Å². The maximum absolute atomic E-state index is 12.5.